The molecule has 1 aliphatic rings. The molecule has 2 aromatic rings. The molecular formula is C27H38B. The molecule has 3 rings (SSSR count). The second-order valence-electron chi connectivity index (χ2n) is 10.4. The largest absolute Gasteiger partial charge is 0.149 e. The van der Waals surface area contributed by atoms with Crippen LogP contribution in [-0.4, -0.2) is 7.28 Å². The second-order valence-corrected chi connectivity index (χ2v) is 10.4. The average molecular weight is 373 g/mol. The highest BCUT2D eigenvalue weighted by molar-refractivity contribution is 6.54. The first-order valence-electron chi connectivity index (χ1n) is 11.0. The van der Waals surface area contributed by atoms with E-state index in [0.717, 1.165) is 6.42 Å². The Hall–Kier alpha value is -1.50. The lowest BCUT2D eigenvalue weighted by Gasteiger charge is -2.48. The maximum absolute atomic E-state index is 2.54. The standard InChI is InChI=1S/C27H38B/c1-10-20-17-21(27(8,25(4,5)6)26(7)14-15-26)16-19(3)23(20)22-13-11-12-18(2)24(22)28-9/h11-13,16-17H,10,14-15H2,1-9H3. The first-order valence-corrected chi connectivity index (χ1v) is 11.0. The molecule has 0 N–H and O–H groups in total. The van der Waals surface area contributed by atoms with Gasteiger partial charge in [0.15, 0.2) is 0 Å². The minimum atomic E-state index is 0.180. The van der Waals surface area contributed by atoms with Gasteiger partial charge in [0.2, 0.25) is 0 Å². The highest BCUT2D eigenvalue weighted by Gasteiger charge is 2.58. The summed E-state index contributed by atoms with van der Waals surface area (Å²) in [6.45, 7) is 21.3. The summed E-state index contributed by atoms with van der Waals surface area (Å²) in [4.78, 5) is 0. The van der Waals surface area contributed by atoms with Crippen LogP contribution in [0, 0.1) is 24.7 Å². The molecule has 0 aliphatic heterocycles. The van der Waals surface area contributed by atoms with Gasteiger partial charge in [-0.05, 0) is 71.8 Å². The number of hydrogen-bond acceptors (Lipinski definition) is 0. The van der Waals surface area contributed by atoms with Crippen LogP contribution in [0.15, 0.2) is 30.3 Å². The topological polar surface area (TPSA) is 0 Å². The Bertz CT molecular complexity index is 873. The van der Waals surface area contributed by atoms with Crippen LogP contribution in [0.3, 0.4) is 0 Å². The molecule has 1 unspecified atom stereocenters. The van der Waals surface area contributed by atoms with Gasteiger partial charge in [0, 0.05) is 5.41 Å². The molecule has 149 valence electrons. The van der Waals surface area contributed by atoms with Crippen LogP contribution in [0.4, 0.5) is 0 Å². The fourth-order valence-corrected chi connectivity index (χ4v) is 5.47. The molecule has 1 atom stereocenters. The number of benzene rings is 2. The molecule has 0 saturated heterocycles. The van der Waals surface area contributed by atoms with Crippen molar-refractivity contribution in [3.05, 3.63) is 52.6 Å². The van der Waals surface area contributed by atoms with Gasteiger partial charge in [0.1, 0.15) is 7.28 Å². The van der Waals surface area contributed by atoms with E-state index < -0.39 is 0 Å². The smallest absolute Gasteiger partial charge is 0.0872 e. The van der Waals surface area contributed by atoms with Gasteiger partial charge in [-0.2, -0.15) is 0 Å². The van der Waals surface area contributed by atoms with Gasteiger partial charge in [-0.25, -0.2) is 0 Å². The summed E-state index contributed by atoms with van der Waals surface area (Å²) in [7, 11) is 2.27. The van der Waals surface area contributed by atoms with Crippen LogP contribution >= 0.6 is 0 Å². The summed E-state index contributed by atoms with van der Waals surface area (Å²) < 4.78 is 0. The lowest BCUT2D eigenvalue weighted by atomic mass is 9.55. The number of aryl methyl sites for hydroxylation is 3. The molecule has 2 aromatic carbocycles. The summed E-state index contributed by atoms with van der Waals surface area (Å²) in [5.74, 6) is 0. The van der Waals surface area contributed by atoms with E-state index in [1.165, 1.54) is 51.7 Å². The molecule has 0 bridgehead atoms. The van der Waals surface area contributed by atoms with Crippen molar-refractivity contribution in [3.63, 3.8) is 0 Å². The van der Waals surface area contributed by atoms with E-state index >= 15 is 0 Å². The van der Waals surface area contributed by atoms with E-state index in [1.54, 1.807) is 0 Å². The Kier molecular flexibility index (Phi) is 5.37. The maximum Gasteiger partial charge on any atom is 0.149 e. The molecule has 1 saturated carbocycles. The Labute approximate surface area is 174 Å². The fraction of sp³-hybridized carbons (Fsp3) is 0.556. The summed E-state index contributed by atoms with van der Waals surface area (Å²) in [6, 6.07) is 11.8. The van der Waals surface area contributed by atoms with Crippen LogP contribution in [-0.2, 0) is 11.8 Å². The van der Waals surface area contributed by atoms with Crippen molar-refractivity contribution >= 4 is 12.7 Å². The molecule has 0 nitrogen and oxygen atoms in total. The van der Waals surface area contributed by atoms with Gasteiger partial charge in [-0.3, -0.25) is 0 Å². The van der Waals surface area contributed by atoms with Gasteiger partial charge in [0.25, 0.3) is 0 Å². The van der Waals surface area contributed by atoms with E-state index in [1.807, 2.05) is 0 Å². The van der Waals surface area contributed by atoms with Crippen molar-refractivity contribution in [1.82, 2.24) is 0 Å². The SMILES string of the molecule is C[B]c1c(C)cccc1-c1c(C)cc(C(C)(C(C)(C)C)C2(C)CC2)cc1CC. The van der Waals surface area contributed by atoms with Crippen molar-refractivity contribution in [2.24, 2.45) is 10.8 Å². The van der Waals surface area contributed by atoms with Crippen molar-refractivity contribution in [1.29, 1.82) is 0 Å². The highest BCUT2D eigenvalue weighted by atomic mass is 14.6. The first-order chi connectivity index (χ1) is 13.0. The normalized spacial score (nSPS) is 17.9. The van der Waals surface area contributed by atoms with Crippen molar-refractivity contribution in [3.8, 4) is 11.1 Å². The van der Waals surface area contributed by atoms with Crippen LogP contribution in [0.25, 0.3) is 11.1 Å². The third kappa shape index (κ3) is 3.16. The van der Waals surface area contributed by atoms with Crippen LogP contribution in [0.2, 0.25) is 6.82 Å². The predicted octanol–water partition coefficient (Wildman–Crippen LogP) is 7.01. The Morgan fingerprint density at radius 3 is 2.14 bits per heavy atom. The lowest BCUT2D eigenvalue weighted by molar-refractivity contribution is 0.116. The molecule has 1 aliphatic carbocycles. The first kappa shape index (κ1) is 21.2. The zero-order valence-corrected chi connectivity index (χ0v) is 19.6. The van der Waals surface area contributed by atoms with E-state index in [2.05, 4.69) is 99.8 Å². The average Bonchev–Trinajstić information content (AvgIpc) is 3.38. The minimum Gasteiger partial charge on any atom is -0.0872 e. The van der Waals surface area contributed by atoms with Gasteiger partial charge >= 0.3 is 0 Å². The van der Waals surface area contributed by atoms with Crippen LogP contribution in [0.5, 0.6) is 0 Å². The predicted molar refractivity (Wildman–Crippen MR) is 126 cm³/mol. The molecular weight excluding hydrogens is 335 g/mol. The fourth-order valence-electron chi connectivity index (χ4n) is 5.47. The van der Waals surface area contributed by atoms with Crippen LogP contribution in [0.1, 0.15) is 76.6 Å². The molecule has 1 heteroatoms. The highest BCUT2D eigenvalue weighted by Crippen LogP contribution is 2.65. The van der Waals surface area contributed by atoms with E-state index in [-0.39, 0.29) is 10.8 Å². The molecule has 1 fully saturated rings. The number of rotatable bonds is 5. The van der Waals surface area contributed by atoms with Gasteiger partial charge in [-0.1, -0.05) is 89.7 Å². The zero-order chi connectivity index (χ0) is 20.9. The van der Waals surface area contributed by atoms with Gasteiger partial charge in [-0.15, -0.1) is 0 Å². The number of hydrogen-bond donors (Lipinski definition) is 0. The summed E-state index contributed by atoms with van der Waals surface area (Å²) in [5.41, 5.74) is 10.8. The molecule has 0 heterocycles. The van der Waals surface area contributed by atoms with Gasteiger partial charge < -0.3 is 0 Å². The summed E-state index contributed by atoms with van der Waals surface area (Å²) in [5, 5.41) is 0. The zero-order valence-electron chi connectivity index (χ0n) is 19.6. The molecule has 0 amide bonds. The molecule has 1 radical (unpaired) electrons. The van der Waals surface area contributed by atoms with Crippen molar-refractivity contribution < 1.29 is 0 Å². The van der Waals surface area contributed by atoms with Crippen LogP contribution < -0.4 is 5.46 Å². The minimum absolute atomic E-state index is 0.180. The van der Waals surface area contributed by atoms with E-state index in [4.69, 9.17) is 0 Å². The third-order valence-corrected chi connectivity index (χ3v) is 7.96. The van der Waals surface area contributed by atoms with E-state index in [0.29, 0.717) is 5.41 Å². The van der Waals surface area contributed by atoms with Gasteiger partial charge in [0.05, 0.1) is 0 Å². The Morgan fingerprint density at radius 2 is 1.64 bits per heavy atom. The molecule has 28 heavy (non-hydrogen) atoms. The second kappa shape index (κ2) is 7.08. The Morgan fingerprint density at radius 1 is 1.00 bits per heavy atom. The lowest BCUT2D eigenvalue weighted by Crippen LogP contribution is -2.44. The quantitative estimate of drug-likeness (QED) is 0.494. The van der Waals surface area contributed by atoms with Crippen molar-refractivity contribution in [2.75, 3.05) is 0 Å². The third-order valence-electron chi connectivity index (χ3n) is 7.96. The summed E-state index contributed by atoms with van der Waals surface area (Å²) >= 11 is 0. The monoisotopic (exact) mass is 373 g/mol. The van der Waals surface area contributed by atoms with E-state index in [9.17, 15) is 0 Å². The van der Waals surface area contributed by atoms with Crippen molar-refractivity contribution in [2.45, 2.75) is 86.9 Å². The molecule has 0 aromatic heterocycles. The Balaban J connectivity index is 2.26. The summed E-state index contributed by atoms with van der Waals surface area (Å²) in [6.07, 6.45) is 3.75. The molecule has 0 spiro atoms. The maximum atomic E-state index is 2.54.